The van der Waals surface area contributed by atoms with Gasteiger partial charge < -0.3 is 9.88 Å². The fourth-order valence-electron chi connectivity index (χ4n) is 2.69. The van der Waals surface area contributed by atoms with Gasteiger partial charge in [0.05, 0.1) is 6.33 Å². The van der Waals surface area contributed by atoms with Crippen molar-refractivity contribution in [3.63, 3.8) is 0 Å². The molecular formula is C16H21N3S. The number of aromatic nitrogens is 2. The lowest BCUT2D eigenvalue weighted by Crippen LogP contribution is -2.23. The summed E-state index contributed by atoms with van der Waals surface area (Å²) in [6.45, 7) is 2.10. The number of thioether (sulfide) groups is 1. The van der Waals surface area contributed by atoms with Crippen LogP contribution in [0.3, 0.4) is 0 Å². The van der Waals surface area contributed by atoms with E-state index >= 15 is 0 Å². The average Bonchev–Trinajstić information content (AvgIpc) is 2.91. The Bertz CT molecular complexity index is 524. The number of rotatable bonds is 5. The zero-order valence-electron chi connectivity index (χ0n) is 11.7. The van der Waals surface area contributed by atoms with Gasteiger partial charge in [-0.2, -0.15) is 0 Å². The molecule has 3 rings (SSSR count). The molecule has 0 aliphatic carbocycles. The van der Waals surface area contributed by atoms with Crippen LogP contribution >= 0.6 is 11.8 Å². The molecule has 106 valence electrons. The Morgan fingerprint density at radius 3 is 3.20 bits per heavy atom. The number of hydrogen-bond donors (Lipinski definition) is 1. The van der Waals surface area contributed by atoms with Crippen LogP contribution in [0.1, 0.15) is 30.9 Å². The molecule has 1 aliphatic rings. The highest BCUT2D eigenvalue weighted by Gasteiger charge is 2.17. The van der Waals surface area contributed by atoms with Gasteiger partial charge in [-0.15, -0.1) is 11.8 Å². The van der Waals surface area contributed by atoms with Gasteiger partial charge in [-0.05, 0) is 43.2 Å². The number of hydrogen-bond acceptors (Lipinski definition) is 3. The summed E-state index contributed by atoms with van der Waals surface area (Å²) in [6, 6.07) is 9.36. The standard InChI is InChI=1S/C16H21N3S/c1-2-7-16-14(5-1)15(6-3-12-20-16)18-8-4-10-19-11-9-17-13-19/h1-2,5,7,9,11,13,15,18H,3-4,6,8,10,12H2. The summed E-state index contributed by atoms with van der Waals surface area (Å²) in [7, 11) is 0. The molecule has 1 aliphatic heterocycles. The first-order chi connectivity index (χ1) is 9.93. The lowest BCUT2D eigenvalue weighted by Gasteiger charge is -2.19. The molecule has 0 saturated heterocycles. The number of imidazole rings is 1. The molecule has 3 nitrogen and oxygen atoms in total. The summed E-state index contributed by atoms with van der Waals surface area (Å²) in [6.07, 6.45) is 9.43. The zero-order chi connectivity index (χ0) is 13.6. The van der Waals surface area contributed by atoms with Crippen molar-refractivity contribution in [2.45, 2.75) is 36.7 Å². The molecule has 2 aromatic rings. The van der Waals surface area contributed by atoms with Crippen molar-refractivity contribution in [3.05, 3.63) is 48.5 Å². The van der Waals surface area contributed by atoms with E-state index in [1.165, 1.54) is 29.1 Å². The number of benzene rings is 1. The largest absolute Gasteiger partial charge is 0.337 e. The van der Waals surface area contributed by atoms with Crippen LogP contribution in [-0.4, -0.2) is 21.8 Å². The van der Waals surface area contributed by atoms with E-state index in [2.05, 4.69) is 39.1 Å². The Balaban J connectivity index is 1.54. The first-order valence-electron chi connectivity index (χ1n) is 7.34. The zero-order valence-corrected chi connectivity index (χ0v) is 12.5. The average molecular weight is 287 g/mol. The van der Waals surface area contributed by atoms with Crippen LogP contribution in [0.15, 0.2) is 47.9 Å². The number of nitrogens with zero attached hydrogens (tertiary/aromatic N) is 2. The highest BCUT2D eigenvalue weighted by molar-refractivity contribution is 7.99. The lowest BCUT2D eigenvalue weighted by atomic mass is 10.0. The molecular weight excluding hydrogens is 266 g/mol. The van der Waals surface area contributed by atoms with Gasteiger partial charge in [0.2, 0.25) is 0 Å². The highest BCUT2D eigenvalue weighted by atomic mass is 32.2. The maximum Gasteiger partial charge on any atom is 0.0945 e. The Morgan fingerprint density at radius 2 is 2.30 bits per heavy atom. The number of nitrogens with one attached hydrogen (secondary N) is 1. The molecule has 0 bridgehead atoms. The van der Waals surface area contributed by atoms with E-state index < -0.39 is 0 Å². The minimum Gasteiger partial charge on any atom is -0.337 e. The van der Waals surface area contributed by atoms with E-state index in [4.69, 9.17) is 0 Å². The van der Waals surface area contributed by atoms with E-state index in [0.717, 1.165) is 19.5 Å². The molecule has 1 atom stereocenters. The topological polar surface area (TPSA) is 29.9 Å². The first-order valence-corrected chi connectivity index (χ1v) is 8.33. The summed E-state index contributed by atoms with van der Waals surface area (Å²) in [5, 5.41) is 3.73. The molecule has 20 heavy (non-hydrogen) atoms. The van der Waals surface area contributed by atoms with Gasteiger partial charge in [-0.3, -0.25) is 0 Å². The van der Waals surface area contributed by atoms with Gasteiger partial charge in [0.1, 0.15) is 0 Å². The van der Waals surface area contributed by atoms with E-state index in [-0.39, 0.29) is 0 Å². The second-order valence-corrected chi connectivity index (χ2v) is 6.33. The third kappa shape index (κ3) is 3.44. The van der Waals surface area contributed by atoms with Gasteiger partial charge in [-0.1, -0.05) is 18.2 Å². The van der Waals surface area contributed by atoms with Crippen molar-refractivity contribution in [3.8, 4) is 0 Å². The van der Waals surface area contributed by atoms with Crippen LogP contribution in [0.5, 0.6) is 0 Å². The Morgan fingerprint density at radius 1 is 1.35 bits per heavy atom. The number of fused-ring (bicyclic) bond motifs is 1. The van der Waals surface area contributed by atoms with Crippen molar-refractivity contribution < 1.29 is 0 Å². The van der Waals surface area contributed by atoms with Crippen LogP contribution in [0.2, 0.25) is 0 Å². The summed E-state index contributed by atoms with van der Waals surface area (Å²) < 4.78 is 2.14. The summed E-state index contributed by atoms with van der Waals surface area (Å²) >= 11 is 2.00. The monoisotopic (exact) mass is 287 g/mol. The Kier molecular flexibility index (Phi) is 4.77. The van der Waals surface area contributed by atoms with E-state index in [1.54, 1.807) is 0 Å². The fraction of sp³-hybridized carbons (Fsp3) is 0.438. The minimum absolute atomic E-state index is 0.518. The molecule has 0 radical (unpaired) electrons. The third-order valence-corrected chi connectivity index (χ3v) is 4.91. The quantitative estimate of drug-likeness (QED) is 0.854. The SMILES string of the molecule is c1ccc2c(c1)SCCCC2NCCCn1ccnc1. The van der Waals surface area contributed by atoms with Crippen molar-refractivity contribution in [2.24, 2.45) is 0 Å². The molecule has 1 unspecified atom stereocenters. The van der Waals surface area contributed by atoms with Crippen LogP contribution < -0.4 is 5.32 Å². The molecule has 1 aromatic heterocycles. The third-order valence-electron chi connectivity index (χ3n) is 3.73. The van der Waals surface area contributed by atoms with E-state index in [9.17, 15) is 0 Å². The van der Waals surface area contributed by atoms with Crippen molar-refractivity contribution in [2.75, 3.05) is 12.3 Å². The van der Waals surface area contributed by atoms with Gasteiger partial charge in [0.15, 0.2) is 0 Å². The van der Waals surface area contributed by atoms with Crippen LogP contribution in [0, 0.1) is 0 Å². The van der Waals surface area contributed by atoms with Gasteiger partial charge >= 0.3 is 0 Å². The summed E-state index contributed by atoms with van der Waals surface area (Å²) in [5.41, 5.74) is 1.48. The van der Waals surface area contributed by atoms with Crippen molar-refractivity contribution in [1.82, 2.24) is 14.9 Å². The van der Waals surface area contributed by atoms with Gasteiger partial charge in [-0.25, -0.2) is 4.98 Å². The normalized spacial score (nSPS) is 18.5. The lowest BCUT2D eigenvalue weighted by molar-refractivity contribution is 0.472. The van der Waals surface area contributed by atoms with Gasteiger partial charge in [0.25, 0.3) is 0 Å². The second kappa shape index (κ2) is 6.95. The van der Waals surface area contributed by atoms with Crippen LogP contribution in [0.25, 0.3) is 0 Å². The fourth-order valence-corrected chi connectivity index (χ4v) is 3.78. The minimum atomic E-state index is 0.518. The summed E-state index contributed by atoms with van der Waals surface area (Å²) in [4.78, 5) is 5.53. The molecule has 0 spiro atoms. The van der Waals surface area contributed by atoms with Crippen LogP contribution in [0.4, 0.5) is 0 Å². The van der Waals surface area contributed by atoms with E-state index in [0.29, 0.717) is 6.04 Å². The predicted molar refractivity (Wildman–Crippen MR) is 84.0 cm³/mol. The van der Waals surface area contributed by atoms with Gasteiger partial charge in [0, 0.05) is 29.9 Å². The van der Waals surface area contributed by atoms with Crippen LogP contribution in [-0.2, 0) is 6.54 Å². The molecule has 0 fully saturated rings. The molecule has 1 aromatic carbocycles. The molecule has 2 heterocycles. The highest BCUT2D eigenvalue weighted by Crippen LogP contribution is 2.34. The Hall–Kier alpha value is -1.26. The maximum atomic E-state index is 4.07. The Labute approximate surface area is 124 Å². The molecule has 0 amide bonds. The summed E-state index contributed by atoms with van der Waals surface area (Å²) in [5.74, 6) is 1.24. The smallest absolute Gasteiger partial charge is 0.0945 e. The number of aryl methyl sites for hydroxylation is 1. The first kappa shape index (κ1) is 13.7. The molecule has 4 heteroatoms. The molecule has 1 N–H and O–H groups in total. The van der Waals surface area contributed by atoms with Crippen molar-refractivity contribution >= 4 is 11.8 Å². The maximum absolute atomic E-state index is 4.07. The van der Waals surface area contributed by atoms with E-state index in [1.807, 2.05) is 30.5 Å². The predicted octanol–water partition coefficient (Wildman–Crippen LogP) is 3.49. The molecule has 0 saturated carbocycles. The second-order valence-electron chi connectivity index (χ2n) is 5.19. The van der Waals surface area contributed by atoms with Crippen molar-refractivity contribution in [1.29, 1.82) is 0 Å².